The molecule has 2 amide bonds. The minimum absolute atomic E-state index is 0.0504. The lowest BCUT2D eigenvalue weighted by molar-refractivity contribution is -0.128. The summed E-state index contributed by atoms with van der Waals surface area (Å²) in [6.07, 6.45) is 1.54. The van der Waals surface area contributed by atoms with E-state index in [-0.39, 0.29) is 10.7 Å². The second kappa shape index (κ2) is 7.49. The molecule has 1 fully saturated rings. The third-order valence-electron chi connectivity index (χ3n) is 4.02. The minimum atomic E-state index is -0.488. The summed E-state index contributed by atoms with van der Waals surface area (Å²) in [6, 6.07) is 15.4. The van der Waals surface area contributed by atoms with E-state index in [0.717, 1.165) is 11.1 Å². The third-order valence-corrected chi connectivity index (χ3v) is 4.40. The molecular weight excluding hydrogens is 348 g/mol. The normalized spacial score (nSPS) is 16.0. The molecule has 1 heterocycles. The maximum absolute atomic E-state index is 12.2. The summed E-state index contributed by atoms with van der Waals surface area (Å²) in [5.41, 5.74) is 3.07. The Hall–Kier alpha value is -2.99. The summed E-state index contributed by atoms with van der Waals surface area (Å²) >= 11 is 4.92. The maximum Gasteiger partial charge on any atom is 0.265 e. The smallest absolute Gasteiger partial charge is 0.265 e. The zero-order chi connectivity index (χ0) is 18.7. The predicted molar refractivity (Wildman–Crippen MR) is 103 cm³/mol. The molecule has 132 valence electrons. The Labute approximate surface area is 157 Å². The van der Waals surface area contributed by atoms with Crippen LogP contribution in [0.3, 0.4) is 0 Å². The molecule has 1 N–H and O–H groups in total. The number of likely N-dealkylation sites (N-methyl/N-ethyl adjacent to an activating group) is 1. The van der Waals surface area contributed by atoms with Crippen molar-refractivity contribution in [3.63, 3.8) is 0 Å². The molecule has 0 aromatic heterocycles. The molecule has 0 atom stereocenters. The predicted octanol–water partition coefficient (Wildman–Crippen LogP) is 2.83. The fraction of sp³-hybridized carbons (Fsp3) is 0.150. The highest BCUT2D eigenvalue weighted by molar-refractivity contribution is 7.80. The highest BCUT2D eigenvalue weighted by atomic mass is 32.1. The van der Waals surface area contributed by atoms with Crippen molar-refractivity contribution in [2.24, 2.45) is 0 Å². The van der Waals surface area contributed by atoms with Crippen LogP contribution in [0.15, 0.2) is 54.1 Å². The molecule has 1 aliphatic rings. The Balaban J connectivity index is 1.69. The van der Waals surface area contributed by atoms with Gasteiger partial charge in [0.25, 0.3) is 11.8 Å². The van der Waals surface area contributed by atoms with Crippen molar-refractivity contribution in [2.45, 2.75) is 13.5 Å². The number of carbonyl (C=O) groups excluding carboxylic acids is 2. The molecule has 0 radical (unpaired) electrons. The highest BCUT2D eigenvalue weighted by Crippen LogP contribution is 2.18. The van der Waals surface area contributed by atoms with E-state index in [4.69, 9.17) is 17.0 Å². The van der Waals surface area contributed by atoms with Crippen LogP contribution in [0.1, 0.15) is 16.7 Å². The second-order valence-electron chi connectivity index (χ2n) is 6.02. The van der Waals surface area contributed by atoms with E-state index in [2.05, 4.69) is 5.32 Å². The Kier molecular flexibility index (Phi) is 5.14. The van der Waals surface area contributed by atoms with E-state index in [0.29, 0.717) is 12.4 Å². The van der Waals surface area contributed by atoms with Gasteiger partial charge in [-0.25, -0.2) is 0 Å². The van der Waals surface area contributed by atoms with Crippen LogP contribution in [0.2, 0.25) is 0 Å². The molecule has 3 rings (SSSR count). The van der Waals surface area contributed by atoms with Crippen LogP contribution in [-0.4, -0.2) is 28.9 Å². The molecule has 2 aromatic carbocycles. The van der Waals surface area contributed by atoms with Gasteiger partial charge in [0.2, 0.25) is 0 Å². The number of carbonyl (C=O) groups is 2. The van der Waals surface area contributed by atoms with Crippen molar-refractivity contribution in [3.8, 4) is 5.75 Å². The average Bonchev–Trinajstić information content (AvgIpc) is 2.64. The van der Waals surface area contributed by atoms with E-state index in [9.17, 15) is 9.59 Å². The lowest BCUT2D eigenvalue weighted by Gasteiger charge is -2.25. The molecule has 0 saturated carbocycles. The monoisotopic (exact) mass is 366 g/mol. The second-order valence-corrected chi connectivity index (χ2v) is 6.41. The lowest BCUT2D eigenvalue weighted by atomic mass is 10.1. The Bertz CT molecular complexity index is 886. The van der Waals surface area contributed by atoms with Crippen molar-refractivity contribution >= 4 is 35.2 Å². The third kappa shape index (κ3) is 3.97. The van der Waals surface area contributed by atoms with Crippen molar-refractivity contribution in [1.82, 2.24) is 10.2 Å². The summed E-state index contributed by atoms with van der Waals surface area (Å²) in [4.78, 5) is 25.4. The molecule has 2 aromatic rings. The first-order chi connectivity index (χ1) is 12.4. The SMILES string of the molecule is Cc1ccc(COc2ccc(/C=C3\C(=O)NC(=S)N(C)C3=O)cc2)cc1. The lowest BCUT2D eigenvalue weighted by Crippen LogP contribution is -2.52. The van der Waals surface area contributed by atoms with Gasteiger partial charge >= 0.3 is 0 Å². The number of ether oxygens (including phenoxy) is 1. The summed E-state index contributed by atoms with van der Waals surface area (Å²) in [5, 5.41) is 2.60. The van der Waals surface area contributed by atoms with E-state index >= 15 is 0 Å². The summed E-state index contributed by atoms with van der Waals surface area (Å²) in [6.45, 7) is 2.52. The molecule has 0 unspecified atom stereocenters. The van der Waals surface area contributed by atoms with E-state index in [1.165, 1.54) is 17.5 Å². The van der Waals surface area contributed by atoms with Crippen LogP contribution in [0.4, 0.5) is 0 Å². The molecule has 1 aliphatic heterocycles. The molecule has 0 bridgehead atoms. The van der Waals surface area contributed by atoms with Gasteiger partial charge in [0.15, 0.2) is 5.11 Å². The number of benzene rings is 2. The zero-order valence-corrected chi connectivity index (χ0v) is 15.3. The van der Waals surface area contributed by atoms with Gasteiger partial charge in [-0.3, -0.25) is 19.8 Å². The van der Waals surface area contributed by atoms with Gasteiger partial charge < -0.3 is 4.74 Å². The van der Waals surface area contributed by atoms with Gasteiger partial charge in [0, 0.05) is 7.05 Å². The number of nitrogens with one attached hydrogen (secondary N) is 1. The minimum Gasteiger partial charge on any atom is -0.489 e. The Morgan fingerprint density at radius 3 is 2.38 bits per heavy atom. The van der Waals surface area contributed by atoms with E-state index in [1.807, 2.05) is 31.2 Å². The van der Waals surface area contributed by atoms with Crippen LogP contribution in [0.25, 0.3) is 6.08 Å². The molecule has 26 heavy (non-hydrogen) atoms. The fourth-order valence-electron chi connectivity index (χ4n) is 2.42. The Morgan fingerprint density at radius 2 is 1.73 bits per heavy atom. The quantitative estimate of drug-likeness (QED) is 0.514. The molecule has 0 aliphatic carbocycles. The first-order valence-electron chi connectivity index (χ1n) is 8.07. The number of nitrogens with zero attached hydrogens (tertiary/aromatic N) is 1. The maximum atomic E-state index is 12.2. The summed E-state index contributed by atoms with van der Waals surface area (Å²) < 4.78 is 5.76. The van der Waals surface area contributed by atoms with E-state index < -0.39 is 11.8 Å². The van der Waals surface area contributed by atoms with Crippen LogP contribution in [-0.2, 0) is 16.2 Å². The number of hydrogen-bond acceptors (Lipinski definition) is 4. The summed E-state index contributed by atoms with van der Waals surface area (Å²) in [7, 11) is 1.53. The number of aryl methyl sites for hydroxylation is 1. The van der Waals surface area contributed by atoms with Crippen molar-refractivity contribution in [1.29, 1.82) is 0 Å². The highest BCUT2D eigenvalue weighted by Gasteiger charge is 2.30. The van der Waals surface area contributed by atoms with Crippen LogP contribution >= 0.6 is 12.2 Å². The topological polar surface area (TPSA) is 58.6 Å². The number of amides is 2. The molecule has 0 spiro atoms. The number of hydrogen-bond donors (Lipinski definition) is 1. The van der Waals surface area contributed by atoms with Gasteiger partial charge in [-0.2, -0.15) is 0 Å². The van der Waals surface area contributed by atoms with Crippen molar-refractivity contribution in [2.75, 3.05) is 7.05 Å². The van der Waals surface area contributed by atoms with Crippen LogP contribution < -0.4 is 10.1 Å². The Morgan fingerprint density at radius 1 is 1.08 bits per heavy atom. The number of thiocarbonyl (C=S) groups is 1. The van der Waals surface area contributed by atoms with Crippen molar-refractivity contribution in [3.05, 3.63) is 70.8 Å². The molecule has 1 saturated heterocycles. The fourth-order valence-corrected chi connectivity index (χ4v) is 2.60. The van der Waals surface area contributed by atoms with Gasteiger partial charge in [-0.05, 0) is 48.5 Å². The largest absolute Gasteiger partial charge is 0.489 e. The van der Waals surface area contributed by atoms with Crippen LogP contribution in [0.5, 0.6) is 5.75 Å². The van der Waals surface area contributed by atoms with Gasteiger partial charge in [-0.15, -0.1) is 0 Å². The summed E-state index contributed by atoms with van der Waals surface area (Å²) in [5.74, 6) is -0.193. The molecule has 6 heteroatoms. The van der Waals surface area contributed by atoms with Gasteiger partial charge in [0.05, 0.1) is 0 Å². The van der Waals surface area contributed by atoms with Crippen molar-refractivity contribution < 1.29 is 14.3 Å². The molecular formula is C20H18N2O3S. The molecule has 5 nitrogen and oxygen atoms in total. The first-order valence-corrected chi connectivity index (χ1v) is 8.48. The van der Waals surface area contributed by atoms with Gasteiger partial charge in [0.1, 0.15) is 17.9 Å². The standard InChI is InChI=1S/C20H18N2O3S/c1-13-3-5-15(6-4-13)12-25-16-9-7-14(8-10-16)11-17-18(23)21-20(26)22(2)19(17)24/h3-11H,12H2,1-2H3,(H,21,23,26)/b17-11+. The van der Waals surface area contributed by atoms with Crippen LogP contribution in [0, 0.1) is 6.92 Å². The average molecular weight is 366 g/mol. The first kappa shape index (κ1) is 17.8. The number of rotatable bonds is 4. The van der Waals surface area contributed by atoms with E-state index in [1.54, 1.807) is 30.3 Å². The van der Waals surface area contributed by atoms with Gasteiger partial charge in [-0.1, -0.05) is 42.0 Å². The zero-order valence-electron chi connectivity index (χ0n) is 14.5.